The summed E-state index contributed by atoms with van der Waals surface area (Å²) >= 11 is 0. The normalized spacial score (nSPS) is 19.9. The molecule has 1 fully saturated rings. The third-order valence-electron chi connectivity index (χ3n) is 2.73. The molecule has 2 heteroatoms. The maximum atomic E-state index is 5.30. The van der Waals surface area contributed by atoms with Gasteiger partial charge in [-0.15, -0.1) is 0 Å². The van der Waals surface area contributed by atoms with Gasteiger partial charge in [0.25, 0.3) is 0 Å². The van der Waals surface area contributed by atoms with Crippen LogP contribution in [-0.2, 0) is 4.74 Å². The molecule has 2 heterocycles. The monoisotopic (exact) mass is 255 g/mol. The second-order valence-electron chi connectivity index (χ2n) is 6.58. The predicted octanol–water partition coefficient (Wildman–Crippen LogP) is 4.46. The fraction of sp³-hybridized carbons (Fsp3) is 0.875. The Labute approximate surface area is 114 Å². The van der Waals surface area contributed by atoms with Crippen molar-refractivity contribution >= 4 is 0 Å². The van der Waals surface area contributed by atoms with Crippen LogP contribution in [-0.4, -0.2) is 29.2 Å². The summed E-state index contributed by atoms with van der Waals surface area (Å²) in [6, 6.07) is 0. The van der Waals surface area contributed by atoms with Crippen LogP contribution in [0, 0.1) is 5.92 Å². The van der Waals surface area contributed by atoms with Gasteiger partial charge in [0, 0.05) is 5.54 Å². The van der Waals surface area contributed by atoms with Gasteiger partial charge in [-0.05, 0) is 39.3 Å². The Balaban J connectivity index is 0.000000415. The summed E-state index contributed by atoms with van der Waals surface area (Å²) in [5.74, 6) is 0.833. The summed E-state index contributed by atoms with van der Waals surface area (Å²) in [5, 5.41) is 0. The largest absolute Gasteiger partial charge is 0.376 e. The summed E-state index contributed by atoms with van der Waals surface area (Å²) in [6.45, 7) is 19.1. The average Bonchev–Trinajstić information content (AvgIpc) is 2.62. The van der Waals surface area contributed by atoms with Gasteiger partial charge in [0.05, 0.1) is 18.8 Å². The molecule has 2 rings (SSSR count). The topological polar surface area (TPSA) is 12.5 Å². The zero-order chi connectivity index (χ0) is 14.4. The molecule has 0 bridgehead atoms. The Kier molecular flexibility index (Phi) is 6.98. The van der Waals surface area contributed by atoms with E-state index in [0.29, 0.717) is 5.54 Å². The third-order valence-corrected chi connectivity index (χ3v) is 2.73. The SMILES string of the molecule is CC.CC(C)(C)N1C=CCC12COC2.CC(C)C. The Morgan fingerprint density at radius 3 is 1.78 bits per heavy atom. The molecule has 0 unspecified atom stereocenters. The van der Waals surface area contributed by atoms with Crippen molar-refractivity contribution in [1.29, 1.82) is 0 Å². The highest BCUT2D eigenvalue weighted by molar-refractivity contribution is 5.14. The molecule has 1 spiro atoms. The summed E-state index contributed by atoms with van der Waals surface area (Å²) < 4.78 is 5.30. The Hall–Kier alpha value is -0.500. The van der Waals surface area contributed by atoms with Crippen LogP contribution in [0.25, 0.3) is 0 Å². The van der Waals surface area contributed by atoms with E-state index in [0.717, 1.165) is 25.6 Å². The summed E-state index contributed by atoms with van der Waals surface area (Å²) in [7, 11) is 0. The first kappa shape index (κ1) is 17.5. The van der Waals surface area contributed by atoms with E-state index in [4.69, 9.17) is 4.74 Å². The lowest BCUT2D eigenvalue weighted by Gasteiger charge is -2.52. The molecule has 0 aromatic rings. The van der Waals surface area contributed by atoms with E-state index in [1.54, 1.807) is 0 Å². The molecule has 0 atom stereocenters. The van der Waals surface area contributed by atoms with Gasteiger partial charge >= 0.3 is 0 Å². The van der Waals surface area contributed by atoms with E-state index in [9.17, 15) is 0 Å². The van der Waals surface area contributed by atoms with Crippen LogP contribution in [0.1, 0.15) is 61.8 Å². The van der Waals surface area contributed by atoms with Gasteiger partial charge in [-0.3, -0.25) is 0 Å². The molecule has 0 aromatic heterocycles. The van der Waals surface area contributed by atoms with Crippen LogP contribution in [0.3, 0.4) is 0 Å². The summed E-state index contributed by atoms with van der Waals surface area (Å²) in [4.78, 5) is 2.45. The third kappa shape index (κ3) is 4.64. The van der Waals surface area contributed by atoms with E-state index >= 15 is 0 Å². The number of hydrogen-bond donors (Lipinski definition) is 0. The van der Waals surface area contributed by atoms with Crippen molar-refractivity contribution in [2.45, 2.75) is 72.9 Å². The lowest BCUT2D eigenvalue weighted by atomic mass is 9.90. The minimum atomic E-state index is 0.233. The van der Waals surface area contributed by atoms with Crippen LogP contribution < -0.4 is 0 Å². The Morgan fingerprint density at radius 2 is 1.56 bits per heavy atom. The van der Waals surface area contributed by atoms with Gasteiger partial charge in [0.1, 0.15) is 0 Å². The Morgan fingerprint density at radius 1 is 1.11 bits per heavy atom. The molecular formula is C16H33NO. The molecule has 0 aromatic carbocycles. The molecule has 0 radical (unpaired) electrons. The second-order valence-corrected chi connectivity index (χ2v) is 6.58. The van der Waals surface area contributed by atoms with Crippen molar-refractivity contribution in [3.63, 3.8) is 0 Å². The smallest absolute Gasteiger partial charge is 0.0902 e. The van der Waals surface area contributed by atoms with E-state index in [-0.39, 0.29) is 5.54 Å². The molecule has 2 aliphatic rings. The first-order valence-electron chi connectivity index (χ1n) is 7.32. The van der Waals surface area contributed by atoms with Crippen molar-refractivity contribution < 1.29 is 4.74 Å². The minimum absolute atomic E-state index is 0.233. The molecule has 108 valence electrons. The maximum absolute atomic E-state index is 5.30. The van der Waals surface area contributed by atoms with Crippen molar-refractivity contribution in [1.82, 2.24) is 4.90 Å². The van der Waals surface area contributed by atoms with Crippen LogP contribution in [0.4, 0.5) is 0 Å². The van der Waals surface area contributed by atoms with Crippen LogP contribution >= 0.6 is 0 Å². The number of hydrogen-bond acceptors (Lipinski definition) is 2. The minimum Gasteiger partial charge on any atom is -0.376 e. The molecule has 0 aliphatic carbocycles. The molecule has 2 aliphatic heterocycles. The van der Waals surface area contributed by atoms with Crippen molar-refractivity contribution in [3.8, 4) is 0 Å². The molecule has 0 N–H and O–H groups in total. The predicted molar refractivity (Wildman–Crippen MR) is 80.8 cm³/mol. The average molecular weight is 255 g/mol. The Bertz CT molecular complexity index is 244. The van der Waals surface area contributed by atoms with Crippen LogP contribution in [0.15, 0.2) is 12.3 Å². The van der Waals surface area contributed by atoms with Crippen LogP contribution in [0.5, 0.6) is 0 Å². The maximum Gasteiger partial charge on any atom is 0.0902 e. The quantitative estimate of drug-likeness (QED) is 0.633. The second kappa shape index (κ2) is 7.18. The van der Waals surface area contributed by atoms with E-state index in [2.05, 4.69) is 58.7 Å². The summed E-state index contributed by atoms with van der Waals surface area (Å²) in [5.41, 5.74) is 0.551. The van der Waals surface area contributed by atoms with Crippen molar-refractivity contribution in [2.75, 3.05) is 13.2 Å². The molecule has 0 amide bonds. The lowest BCUT2D eigenvalue weighted by Crippen LogP contribution is -2.63. The van der Waals surface area contributed by atoms with E-state index in [1.165, 1.54) is 0 Å². The molecule has 1 saturated heterocycles. The number of rotatable bonds is 0. The zero-order valence-electron chi connectivity index (χ0n) is 13.7. The first-order chi connectivity index (χ1) is 8.28. The highest BCUT2D eigenvalue weighted by atomic mass is 16.5. The molecular weight excluding hydrogens is 222 g/mol. The fourth-order valence-electron chi connectivity index (χ4n) is 2.16. The highest BCUT2D eigenvalue weighted by Gasteiger charge is 2.48. The van der Waals surface area contributed by atoms with E-state index < -0.39 is 0 Å². The van der Waals surface area contributed by atoms with Gasteiger partial charge in [0.15, 0.2) is 0 Å². The number of nitrogens with zero attached hydrogens (tertiary/aromatic N) is 1. The number of ether oxygens (including phenoxy) is 1. The zero-order valence-corrected chi connectivity index (χ0v) is 13.7. The lowest BCUT2D eigenvalue weighted by molar-refractivity contribution is -0.138. The fourth-order valence-corrected chi connectivity index (χ4v) is 2.16. The first-order valence-corrected chi connectivity index (χ1v) is 7.32. The molecule has 0 saturated carbocycles. The van der Waals surface area contributed by atoms with E-state index in [1.807, 2.05) is 13.8 Å². The van der Waals surface area contributed by atoms with Crippen LogP contribution in [0.2, 0.25) is 0 Å². The van der Waals surface area contributed by atoms with Crippen molar-refractivity contribution in [2.24, 2.45) is 5.92 Å². The van der Waals surface area contributed by atoms with Gasteiger partial charge in [-0.2, -0.15) is 0 Å². The van der Waals surface area contributed by atoms with Gasteiger partial charge in [-0.25, -0.2) is 0 Å². The van der Waals surface area contributed by atoms with Gasteiger partial charge in [0.2, 0.25) is 0 Å². The highest BCUT2D eigenvalue weighted by Crippen LogP contribution is 2.38. The molecule has 2 nitrogen and oxygen atoms in total. The van der Waals surface area contributed by atoms with Crippen molar-refractivity contribution in [3.05, 3.63) is 12.3 Å². The molecule has 18 heavy (non-hydrogen) atoms. The summed E-state index contributed by atoms with van der Waals surface area (Å²) in [6.07, 6.45) is 5.64. The van der Waals surface area contributed by atoms with Gasteiger partial charge in [-0.1, -0.05) is 40.7 Å². The standard InChI is InChI=1S/C10H17NO.C4H10.C2H6/c1-9(2,3)11-6-4-5-10(11)7-12-8-10;1-4(2)3;1-2/h4,6H,5,7-8H2,1-3H3;4H,1-3H3;1-2H3. The van der Waals surface area contributed by atoms with Gasteiger partial charge < -0.3 is 9.64 Å².